The standard InChI is InChI=1S/C51H30N4S2/c1-2-12-31(13-3-1)33-26-29-36-35-14-4-7-20-42(35)55(43(36)30-33)34-27-24-32(25-28-34)49-52-50(40-18-11-23-46-47(40)39-16-6-9-22-45(39)56-46)54-51(53-49)41-19-10-17-38-37-15-5-8-21-44(37)57-48(38)41/h1-30H. The van der Waals surface area contributed by atoms with Gasteiger partial charge in [0, 0.05) is 73.5 Å². The summed E-state index contributed by atoms with van der Waals surface area (Å²) in [6.07, 6.45) is 0. The SMILES string of the molecule is c1ccc(-c2ccc3c4ccccc4n(-c4ccc(-c5nc(-c6cccc7c6sc6ccccc67)nc(-c6cccc7sc8ccccc8c67)n5)cc4)c3c2)cc1. The van der Waals surface area contributed by atoms with Crippen molar-refractivity contribution in [1.82, 2.24) is 19.5 Å². The van der Waals surface area contributed by atoms with Gasteiger partial charge in [-0.15, -0.1) is 22.7 Å². The molecule has 0 N–H and O–H groups in total. The van der Waals surface area contributed by atoms with Crippen LogP contribution in [-0.2, 0) is 0 Å². The molecule has 266 valence electrons. The number of aromatic nitrogens is 4. The topological polar surface area (TPSA) is 43.6 Å². The Morgan fingerprint density at radius 2 is 0.947 bits per heavy atom. The lowest BCUT2D eigenvalue weighted by Crippen LogP contribution is -2.01. The van der Waals surface area contributed by atoms with E-state index in [1.54, 1.807) is 22.7 Å². The van der Waals surface area contributed by atoms with Gasteiger partial charge in [-0.2, -0.15) is 0 Å². The van der Waals surface area contributed by atoms with Gasteiger partial charge in [0.05, 0.1) is 11.0 Å². The first-order valence-electron chi connectivity index (χ1n) is 19.0. The highest BCUT2D eigenvalue weighted by atomic mass is 32.1. The molecule has 0 fully saturated rings. The van der Waals surface area contributed by atoms with Crippen LogP contribution in [0.15, 0.2) is 182 Å². The third kappa shape index (κ3) is 5.15. The summed E-state index contributed by atoms with van der Waals surface area (Å²) in [7, 11) is 0. The third-order valence-corrected chi connectivity index (χ3v) is 13.4. The van der Waals surface area contributed by atoms with Gasteiger partial charge in [0.1, 0.15) is 0 Å². The van der Waals surface area contributed by atoms with Gasteiger partial charge < -0.3 is 4.57 Å². The predicted molar refractivity (Wildman–Crippen MR) is 242 cm³/mol. The molecule has 0 radical (unpaired) electrons. The summed E-state index contributed by atoms with van der Waals surface area (Å²) in [5, 5.41) is 7.32. The highest BCUT2D eigenvalue weighted by Crippen LogP contribution is 2.42. The highest BCUT2D eigenvalue weighted by Gasteiger charge is 2.20. The number of thiophene rings is 2. The molecule has 0 atom stereocenters. The number of nitrogens with zero attached hydrogens (tertiary/aromatic N) is 4. The molecule has 0 aliphatic heterocycles. The fraction of sp³-hybridized carbons (Fsp3) is 0. The number of hydrogen-bond donors (Lipinski definition) is 0. The van der Waals surface area contributed by atoms with E-state index in [1.807, 2.05) is 0 Å². The van der Waals surface area contributed by atoms with Crippen LogP contribution in [0.3, 0.4) is 0 Å². The van der Waals surface area contributed by atoms with E-state index in [1.165, 1.54) is 73.3 Å². The summed E-state index contributed by atoms with van der Waals surface area (Å²) in [5.74, 6) is 1.98. The Morgan fingerprint density at radius 3 is 1.79 bits per heavy atom. The average Bonchev–Trinajstić information content (AvgIpc) is 3.96. The van der Waals surface area contributed by atoms with Crippen LogP contribution in [0.2, 0.25) is 0 Å². The van der Waals surface area contributed by atoms with Crippen LogP contribution in [0, 0.1) is 0 Å². The molecule has 4 aromatic heterocycles. The lowest BCUT2D eigenvalue weighted by atomic mass is 10.0. The van der Waals surface area contributed by atoms with E-state index in [9.17, 15) is 0 Å². The minimum absolute atomic E-state index is 0.643. The zero-order chi connectivity index (χ0) is 37.5. The van der Waals surface area contributed by atoms with Gasteiger partial charge in [-0.05, 0) is 71.8 Å². The van der Waals surface area contributed by atoms with Gasteiger partial charge in [-0.25, -0.2) is 15.0 Å². The van der Waals surface area contributed by atoms with Crippen molar-refractivity contribution in [2.24, 2.45) is 0 Å². The van der Waals surface area contributed by atoms with Crippen molar-refractivity contribution in [1.29, 1.82) is 0 Å². The Balaban J connectivity index is 1.06. The van der Waals surface area contributed by atoms with Crippen LogP contribution < -0.4 is 0 Å². The van der Waals surface area contributed by atoms with Crippen molar-refractivity contribution in [2.75, 3.05) is 0 Å². The van der Waals surface area contributed by atoms with Crippen molar-refractivity contribution in [2.45, 2.75) is 0 Å². The molecule has 57 heavy (non-hydrogen) atoms. The summed E-state index contributed by atoms with van der Waals surface area (Å²) in [4.78, 5) is 15.8. The van der Waals surface area contributed by atoms with E-state index in [0.717, 1.165) is 22.4 Å². The first-order valence-corrected chi connectivity index (χ1v) is 20.7. The zero-order valence-electron chi connectivity index (χ0n) is 30.4. The smallest absolute Gasteiger partial charge is 0.165 e. The van der Waals surface area contributed by atoms with Crippen molar-refractivity contribution >= 4 is 84.8 Å². The molecule has 0 aliphatic carbocycles. The van der Waals surface area contributed by atoms with E-state index < -0.39 is 0 Å². The highest BCUT2D eigenvalue weighted by molar-refractivity contribution is 7.26. The van der Waals surface area contributed by atoms with Gasteiger partial charge in [-0.3, -0.25) is 0 Å². The second kappa shape index (κ2) is 12.8. The summed E-state index contributed by atoms with van der Waals surface area (Å²) in [6, 6.07) is 64.9. The molecule has 0 unspecified atom stereocenters. The molecule has 12 rings (SSSR count). The molecular formula is C51H30N4S2. The van der Waals surface area contributed by atoms with Crippen LogP contribution in [0.25, 0.3) is 113 Å². The first-order chi connectivity index (χ1) is 28.2. The Bertz CT molecular complexity index is 3520. The van der Waals surface area contributed by atoms with Crippen LogP contribution in [0.5, 0.6) is 0 Å². The summed E-state index contributed by atoms with van der Waals surface area (Å²) in [6.45, 7) is 0. The maximum atomic E-state index is 5.30. The largest absolute Gasteiger partial charge is 0.309 e. The predicted octanol–water partition coefficient (Wildman–Crippen LogP) is 14.4. The number of para-hydroxylation sites is 1. The van der Waals surface area contributed by atoms with Gasteiger partial charge in [0.25, 0.3) is 0 Å². The normalized spacial score (nSPS) is 11.9. The zero-order valence-corrected chi connectivity index (χ0v) is 32.1. The maximum Gasteiger partial charge on any atom is 0.165 e. The van der Waals surface area contributed by atoms with Gasteiger partial charge in [-0.1, -0.05) is 121 Å². The molecule has 4 heterocycles. The van der Waals surface area contributed by atoms with Crippen molar-refractivity contribution in [3.05, 3.63) is 182 Å². The Kier molecular flexibility index (Phi) is 7.24. The fourth-order valence-corrected chi connectivity index (χ4v) is 10.8. The molecule has 0 aliphatic rings. The van der Waals surface area contributed by atoms with E-state index >= 15 is 0 Å². The van der Waals surface area contributed by atoms with Crippen LogP contribution in [-0.4, -0.2) is 19.5 Å². The van der Waals surface area contributed by atoms with Crippen molar-refractivity contribution < 1.29 is 0 Å². The summed E-state index contributed by atoms with van der Waals surface area (Å²) in [5.41, 5.74) is 8.76. The second-order valence-corrected chi connectivity index (χ2v) is 16.5. The Labute approximate surface area is 335 Å². The molecule has 12 aromatic rings. The fourth-order valence-electron chi connectivity index (χ4n) is 8.45. The van der Waals surface area contributed by atoms with Crippen molar-refractivity contribution in [3.63, 3.8) is 0 Å². The van der Waals surface area contributed by atoms with E-state index in [0.29, 0.717) is 17.5 Å². The van der Waals surface area contributed by atoms with Gasteiger partial charge >= 0.3 is 0 Å². The van der Waals surface area contributed by atoms with Crippen LogP contribution in [0.1, 0.15) is 0 Å². The molecular weight excluding hydrogens is 733 g/mol. The molecule has 0 bridgehead atoms. The first kappa shape index (κ1) is 32.3. The number of benzene rings is 8. The van der Waals surface area contributed by atoms with E-state index in [4.69, 9.17) is 15.0 Å². The Hall–Kier alpha value is -6.99. The molecule has 8 aromatic carbocycles. The number of fused-ring (bicyclic) bond motifs is 9. The second-order valence-electron chi connectivity index (χ2n) is 14.4. The molecule has 4 nitrogen and oxygen atoms in total. The van der Waals surface area contributed by atoms with Gasteiger partial charge in [0.2, 0.25) is 0 Å². The number of rotatable bonds is 5. The minimum atomic E-state index is 0.643. The molecule has 6 heteroatoms. The maximum absolute atomic E-state index is 5.30. The monoisotopic (exact) mass is 762 g/mol. The average molecular weight is 763 g/mol. The van der Waals surface area contributed by atoms with E-state index in [2.05, 4.69) is 187 Å². The summed E-state index contributed by atoms with van der Waals surface area (Å²) < 4.78 is 7.27. The number of hydrogen-bond acceptors (Lipinski definition) is 5. The molecule has 0 saturated heterocycles. The Morgan fingerprint density at radius 1 is 0.351 bits per heavy atom. The third-order valence-electron chi connectivity index (χ3n) is 11.1. The summed E-state index contributed by atoms with van der Waals surface area (Å²) >= 11 is 3.60. The molecule has 0 saturated carbocycles. The van der Waals surface area contributed by atoms with Crippen LogP contribution >= 0.6 is 22.7 Å². The quantitative estimate of drug-likeness (QED) is 0.175. The van der Waals surface area contributed by atoms with Gasteiger partial charge in [0.15, 0.2) is 17.5 Å². The van der Waals surface area contributed by atoms with Crippen molar-refractivity contribution in [3.8, 4) is 51.0 Å². The minimum Gasteiger partial charge on any atom is -0.309 e. The van der Waals surface area contributed by atoms with Crippen LogP contribution in [0.4, 0.5) is 0 Å². The molecule has 0 amide bonds. The lowest BCUT2D eigenvalue weighted by molar-refractivity contribution is 1.08. The molecule has 0 spiro atoms. The van der Waals surface area contributed by atoms with E-state index in [-0.39, 0.29) is 0 Å². The lowest BCUT2D eigenvalue weighted by Gasteiger charge is -2.12.